The van der Waals surface area contributed by atoms with Crippen LogP contribution >= 0.6 is 12.6 Å². The Kier molecular flexibility index (Phi) is 2.54. The van der Waals surface area contributed by atoms with Gasteiger partial charge in [0.25, 0.3) is 0 Å². The maximum Gasteiger partial charge on any atom is 0.129 e. The van der Waals surface area contributed by atoms with Crippen LogP contribution in [0.3, 0.4) is 0 Å². The number of rotatable bonds is 1. The Labute approximate surface area is 63.8 Å². The number of ether oxygens (including phenoxy) is 1. The molecule has 60 valence electrons. The summed E-state index contributed by atoms with van der Waals surface area (Å²) in [5.74, 6) is 0. The van der Waals surface area contributed by atoms with Gasteiger partial charge >= 0.3 is 0 Å². The maximum atomic E-state index is 9.04. The van der Waals surface area contributed by atoms with Crippen LogP contribution in [0.5, 0.6) is 0 Å². The van der Waals surface area contributed by atoms with E-state index in [1.165, 1.54) is 0 Å². The summed E-state index contributed by atoms with van der Waals surface area (Å²) in [5.41, 5.74) is -0.688. The summed E-state index contributed by atoms with van der Waals surface area (Å²) in [4.78, 5) is 0. The van der Waals surface area contributed by atoms with Gasteiger partial charge < -0.3 is 20.1 Å². The molecule has 1 saturated heterocycles. The predicted molar refractivity (Wildman–Crippen MR) is 36.7 cm³/mol. The van der Waals surface area contributed by atoms with E-state index in [1.54, 1.807) is 0 Å². The highest BCUT2D eigenvalue weighted by atomic mass is 32.1. The third kappa shape index (κ3) is 1.28. The van der Waals surface area contributed by atoms with Crippen molar-refractivity contribution >= 4 is 12.6 Å². The molecule has 4 nitrogen and oxygen atoms in total. The predicted octanol–water partition coefficient (Wildman–Crippen LogP) is -1.64. The van der Waals surface area contributed by atoms with Gasteiger partial charge in [-0.25, -0.2) is 0 Å². The lowest BCUT2D eigenvalue weighted by molar-refractivity contribution is -0.00794. The molecule has 0 aromatic rings. The van der Waals surface area contributed by atoms with Crippen LogP contribution in [0.2, 0.25) is 0 Å². The Morgan fingerprint density at radius 2 is 1.90 bits per heavy atom. The van der Waals surface area contributed by atoms with Crippen molar-refractivity contribution in [3.05, 3.63) is 0 Å². The molecule has 4 atom stereocenters. The molecule has 1 fully saturated rings. The van der Waals surface area contributed by atoms with Crippen molar-refractivity contribution in [3.8, 4) is 0 Å². The van der Waals surface area contributed by atoms with Gasteiger partial charge in [-0.05, 0) is 0 Å². The topological polar surface area (TPSA) is 69.9 Å². The molecule has 1 aliphatic rings. The molecule has 0 radical (unpaired) electrons. The minimum Gasteiger partial charge on any atom is -0.394 e. The van der Waals surface area contributed by atoms with Crippen molar-refractivity contribution < 1.29 is 20.1 Å². The Morgan fingerprint density at radius 1 is 1.30 bits per heavy atom. The zero-order chi connectivity index (χ0) is 7.72. The Balaban J connectivity index is 2.53. The number of aliphatic hydroxyl groups excluding tert-OH is 3. The minimum absolute atomic E-state index is 0.296. The lowest BCUT2D eigenvalue weighted by Gasteiger charge is -2.09. The van der Waals surface area contributed by atoms with E-state index in [4.69, 9.17) is 20.1 Å². The molecule has 0 spiro atoms. The molecule has 0 aromatic heterocycles. The van der Waals surface area contributed by atoms with Gasteiger partial charge in [0.15, 0.2) is 0 Å². The van der Waals surface area contributed by atoms with Gasteiger partial charge in [0.05, 0.1) is 6.61 Å². The lowest BCUT2D eigenvalue weighted by Crippen LogP contribution is -2.32. The van der Waals surface area contributed by atoms with Crippen molar-refractivity contribution in [1.29, 1.82) is 0 Å². The van der Waals surface area contributed by atoms with Crippen molar-refractivity contribution in [2.24, 2.45) is 0 Å². The first kappa shape index (κ1) is 8.29. The molecule has 0 aliphatic carbocycles. The number of hydrogen-bond donors (Lipinski definition) is 4. The van der Waals surface area contributed by atoms with E-state index >= 15 is 0 Å². The zero-order valence-corrected chi connectivity index (χ0v) is 6.11. The summed E-state index contributed by atoms with van der Waals surface area (Å²) in [7, 11) is 0. The molecule has 0 bridgehead atoms. The van der Waals surface area contributed by atoms with E-state index in [2.05, 4.69) is 12.6 Å². The summed E-state index contributed by atoms with van der Waals surface area (Å²) in [5, 5.41) is 26.6. The first-order valence-corrected chi connectivity index (χ1v) is 3.49. The van der Waals surface area contributed by atoms with Crippen LogP contribution in [0.25, 0.3) is 0 Å². The quantitative estimate of drug-likeness (QED) is 0.352. The SMILES string of the molecule is OC[C@H]1O[C@H](S)[C@@H](O)[C@@H]1O. The summed E-state index contributed by atoms with van der Waals surface area (Å²) < 4.78 is 4.85. The van der Waals surface area contributed by atoms with Crippen LogP contribution in [0.4, 0.5) is 0 Å². The van der Waals surface area contributed by atoms with Crippen LogP contribution in [0, 0.1) is 0 Å². The van der Waals surface area contributed by atoms with Crippen LogP contribution in [-0.2, 0) is 4.74 Å². The molecule has 0 unspecified atom stereocenters. The third-order valence-electron chi connectivity index (χ3n) is 1.52. The smallest absolute Gasteiger partial charge is 0.129 e. The van der Waals surface area contributed by atoms with Crippen LogP contribution in [0.1, 0.15) is 0 Å². The molecule has 1 aliphatic heterocycles. The highest BCUT2D eigenvalue weighted by Gasteiger charge is 2.40. The molecule has 5 heteroatoms. The van der Waals surface area contributed by atoms with Gasteiger partial charge in [-0.1, -0.05) is 0 Å². The third-order valence-corrected chi connectivity index (χ3v) is 1.94. The first-order chi connectivity index (χ1) is 4.66. The molecule has 0 aromatic carbocycles. The normalized spacial score (nSPS) is 48.0. The Morgan fingerprint density at radius 3 is 2.10 bits per heavy atom. The van der Waals surface area contributed by atoms with Crippen LogP contribution < -0.4 is 0 Å². The Bertz CT molecular complexity index is 120. The van der Waals surface area contributed by atoms with Crippen LogP contribution in [0.15, 0.2) is 0 Å². The molecule has 0 saturated carbocycles. The number of aliphatic hydroxyl groups is 3. The van der Waals surface area contributed by atoms with Crippen molar-refractivity contribution in [2.75, 3.05) is 6.61 Å². The van der Waals surface area contributed by atoms with Gasteiger partial charge in [0.1, 0.15) is 23.7 Å². The average molecular weight is 166 g/mol. The molecular weight excluding hydrogens is 156 g/mol. The molecular formula is C5H10O4S. The van der Waals surface area contributed by atoms with Gasteiger partial charge in [0.2, 0.25) is 0 Å². The zero-order valence-electron chi connectivity index (χ0n) is 5.21. The second-order valence-corrected chi connectivity index (χ2v) is 2.74. The maximum absolute atomic E-state index is 9.04. The summed E-state index contributed by atoms with van der Waals surface area (Å²) in [6, 6.07) is 0. The summed E-state index contributed by atoms with van der Waals surface area (Å²) in [6.07, 6.45) is -2.72. The lowest BCUT2D eigenvalue weighted by atomic mass is 10.2. The molecule has 1 heterocycles. The average Bonchev–Trinajstić information content (AvgIpc) is 2.17. The molecule has 10 heavy (non-hydrogen) atoms. The van der Waals surface area contributed by atoms with E-state index in [9.17, 15) is 0 Å². The van der Waals surface area contributed by atoms with E-state index in [1.807, 2.05) is 0 Å². The largest absolute Gasteiger partial charge is 0.394 e. The van der Waals surface area contributed by atoms with E-state index < -0.39 is 23.7 Å². The van der Waals surface area contributed by atoms with E-state index in [0.29, 0.717) is 0 Å². The molecule has 3 N–H and O–H groups in total. The highest BCUT2D eigenvalue weighted by molar-refractivity contribution is 7.80. The van der Waals surface area contributed by atoms with Gasteiger partial charge in [-0.3, -0.25) is 0 Å². The monoisotopic (exact) mass is 166 g/mol. The fourth-order valence-electron chi connectivity index (χ4n) is 0.880. The van der Waals surface area contributed by atoms with Gasteiger partial charge in [0, 0.05) is 0 Å². The second kappa shape index (κ2) is 3.06. The molecule has 1 rings (SSSR count). The Hall–Kier alpha value is 0.190. The standard InChI is InChI=1S/C5H10O4S/c6-1-2-3(7)4(8)5(10)9-2/h2-8,10H,1H2/t2-,3-,4+,5-/m1/s1. The summed E-state index contributed by atoms with van der Waals surface area (Å²) >= 11 is 3.82. The fourth-order valence-corrected chi connectivity index (χ4v) is 1.21. The number of thiol groups is 1. The minimum atomic E-state index is -1.02. The first-order valence-electron chi connectivity index (χ1n) is 2.97. The van der Waals surface area contributed by atoms with Crippen molar-refractivity contribution in [3.63, 3.8) is 0 Å². The van der Waals surface area contributed by atoms with Crippen molar-refractivity contribution in [1.82, 2.24) is 0 Å². The van der Waals surface area contributed by atoms with Gasteiger partial charge in [-0.2, -0.15) is 0 Å². The van der Waals surface area contributed by atoms with Gasteiger partial charge in [-0.15, -0.1) is 12.6 Å². The van der Waals surface area contributed by atoms with Crippen LogP contribution in [-0.4, -0.2) is 45.7 Å². The highest BCUT2D eigenvalue weighted by Crippen LogP contribution is 2.22. The molecule has 0 amide bonds. The van der Waals surface area contributed by atoms with E-state index in [0.717, 1.165) is 0 Å². The number of hydrogen-bond acceptors (Lipinski definition) is 5. The fraction of sp³-hybridized carbons (Fsp3) is 1.00. The second-order valence-electron chi connectivity index (χ2n) is 2.23. The van der Waals surface area contributed by atoms with Crippen molar-refractivity contribution in [2.45, 2.75) is 23.7 Å². The summed E-state index contributed by atoms with van der Waals surface area (Å²) in [6.45, 7) is -0.296. The van der Waals surface area contributed by atoms with E-state index in [-0.39, 0.29) is 6.61 Å².